The molecule has 0 unspecified atom stereocenters. The SMILES string of the molecule is C[C@@H]1CN(C(=O)c2ccc(CNc3ncc(C(F)(F)F)cc3Cl)cc2)C[C@H](C)O1. The third kappa shape index (κ3) is 5.39. The van der Waals surface area contributed by atoms with Crippen LogP contribution in [0.15, 0.2) is 36.5 Å². The Morgan fingerprint density at radius 3 is 2.41 bits per heavy atom. The molecule has 2 atom stereocenters. The number of nitrogens with zero attached hydrogens (tertiary/aromatic N) is 2. The molecular formula is C20H21ClF3N3O2. The van der Waals surface area contributed by atoms with E-state index in [4.69, 9.17) is 16.3 Å². The molecule has 0 saturated carbocycles. The van der Waals surface area contributed by atoms with Crippen LogP contribution in [0.1, 0.15) is 35.3 Å². The lowest BCUT2D eigenvalue weighted by atomic mass is 10.1. The van der Waals surface area contributed by atoms with Crippen molar-refractivity contribution in [1.82, 2.24) is 9.88 Å². The maximum atomic E-state index is 12.7. The van der Waals surface area contributed by atoms with Crippen LogP contribution in [-0.2, 0) is 17.5 Å². The summed E-state index contributed by atoms with van der Waals surface area (Å²) < 4.78 is 43.7. The average molecular weight is 428 g/mol. The van der Waals surface area contributed by atoms with E-state index in [0.717, 1.165) is 17.8 Å². The number of hydrogen-bond donors (Lipinski definition) is 1. The molecule has 3 rings (SSSR count). The average Bonchev–Trinajstić information content (AvgIpc) is 2.65. The number of morpholine rings is 1. The number of hydrogen-bond acceptors (Lipinski definition) is 4. The second kappa shape index (κ2) is 8.59. The van der Waals surface area contributed by atoms with E-state index >= 15 is 0 Å². The lowest BCUT2D eigenvalue weighted by Crippen LogP contribution is -2.48. The molecule has 9 heteroatoms. The first kappa shape index (κ1) is 21.4. The molecular weight excluding hydrogens is 407 g/mol. The standard InChI is InChI=1S/C20H21ClF3N3O2/c1-12-10-27(11-13(2)29-12)19(28)15-5-3-14(4-6-15)8-25-18-17(21)7-16(9-26-18)20(22,23)24/h3-7,9,12-13H,8,10-11H2,1-2H3,(H,25,26)/t12-,13+. The van der Waals surface area contributed by atoms with E-state index in [-0.39, 0.29) is 29.0 Å². The number of ether oxygens (including phenoxy) is 1. The van der Waals surface area contributed by atoms with E-state index in [1.807, 2.05) is 13.8 Å². The zero-order valence-electron chi connectivity index (χ0n) is 16.0. The predicted octanol–water partition coefficient (Wildman–Crippen LogP) is 4.62. The maximum absolute atomic E-state index is 12.7. The number of carbonyl (C=O) groups excluding carboxylic acids is 1. The van der Waals surface area contributed by atoms with Crippen molar-refractivity contribution in [2.45, 2.75) is 38.8 Å². The number of aromatic nitrogens is 1. The summed E-state index contributed by atoms with van der Waals surface area (Å²) in [5.74, 6) is 0.107. The molecule has 1 saturated heterocycles. The van der Waals surface area contributed by atoms with Gasteiger partial charge in [0.25, 0.3) is 5.91 Å². The number of benzene rings is 1. The molecule has 2 heterocycles. The number of nitrogens with one attached hydrogen (secondary N) is 1. The van der Waals surface area contributed by atoms with E-state index < -0.39 is 11.7 Å². The normalized spacial score (nSPS) is 19.9. The Bertz CT molecular complexity index is 864. The molecule has 0 radical (unpaired) electrons. The fraction of sp³-hybridized carbons (Fsp3) is 0.400. The molecule has 5 nitrogen and oxygen atoms in total. The molecule has 1 aliphatic rings. The van der Waals surface area contributed by atoms with Gasteiger partial charge in [-0.3, -0.25) is 4.79 Å². The van der Waals surface area contributed by atoms with Gasteiger partial charge in [-0.05, 0) is 37.6 Å². The van der Waals surface area contributed by atoms with Gasteiger partial charge in [0.2, 0.25) is 0 Å². The number of pyridine rings is 1. The lowest BCUT2D eigenvalue weighted by Gasteiger charge is -2.35. The first-order chi connectivity index (χ1) is 13.6. The number of anilines is 1. The van der Waals surface area contributed by atoms with Crippen molar-refractivity contribution in [2.75, 3.05) is 18.4 Å². The van der Waals surface area contributed by atoms with Gasteiger partial charge in [0, 0.05) is 31.4 Å². The molecule has 0 aliphatic carbocycles. The highest BCUT2D eigenvalue weighted by Crippen LogP contribution is 2.32. The highest BCUT2D eigenvalue weighted by molar-refractivity contribution is 6.32. The Labute approximate surface area is 171 Å². The Hall–Kier alpha value is -2.32. The fourth-order valence-corrected chi connectivity index (χ4v) is 3.43. The zero-order valence-corrected chi connectivity index (χ0v) is 16.7. The van der Waals surface area contributed by atoms with E-state index in [9.17, 15) is 18.0 Å². The van der Waals surface area contributed by atoms with Crippen molar-refractivity contribution < 1.29 is 22.7 Å². The van der Waals surface area contributed by atoms with Gasteiger partial charge in [-0.25, -0.2) is 4.98 Å². The third-order valence-electron chi connectivity index (χ3n) is 4.54. The number of halogens is 4. The largest absolute Gasteiger partial charge is 0.417 e. The summed E-state index contributed by atoms with van der Waals surface area (Å²) in [7, 11) is 0. The Morgan fingerprint density at radius 1 is 1.24 bits per heavy atom. The van der Waals surface area contributed by atoms with Crippen molar-refractivity contribution in [3.05, 3.63) is 58.2 Å². The molecule has 156 valence electrons. The molecule has 0 spiro atoms. The summed E-state index contributed by atoms with van der Waals surface area (Å²) in [5.41, 5.74) is 0.506. The van der Waals surface area contributed by atoms with Gasteiger partial charge in [-0.2, -0.15) is 13.2 Å². The fourth-order valence-electron chi connectivity index (χ4n) is 3.20. The summed E-state index contributed by atoms with van der Waals surface area (Å²) in [4.78, 5) is 18.2. The van der Waals surface area contributed by atoms with E-state index in [1.165, 1.54) is 0 Å². The second-order valence-electron chi connectivity index (χ2n) is 7.07. The van der Waals surface area contributed by atoms with Gasteiger partial charge in [0.1, 0.15) is 5.82 Å². The monoisotopic (exact) mass is 427 g/mol. The Morgan fingerprint density at radius 2 is 1.86 bits per heavy atom. The number of alkyl halides is 3. The van der Waals surface area contributed by atoms with Crippen LogP contribution >= 0.6 is 11.6 Å². The first-order valence-electron chi connectivity index (χ1n) is 9.14. The third-order valence-corrected chi connectivity index (χ3v) is 4.82. The van der Waals surface area contributed by atoms with Crippen molar-refractivity contribution in [1.29, 1.82) is 0 Å². The molecule has 2 aromatic rings. The van der Waals surface area contributed by atoms with Crippen LogP contribution < -0.4 is 5.32 Å². The van der Waals surface area contributed by atoms with Crippen LogP contribution in [0.4, 0.5) is 19.0 Å². The minimum atomic E-state index is -4.49. The Balaban J connectivity index is 1.62. The molecule has 1 aromatic heterocycles. The second-order valence-corrected chi connectivity index (χ2v) is 7.48. The van der Waals surface area contributed by atoms with E-state index in [0.29, 0.717) is 25.2 Å². The van der Waals surface area contributed by atoms with Gasteiger partial charge >= 0.3 is 6.18 Å². The van der Waals surface area contributed by atoms with E-state index in [2.05, 4.69) is 10.3 Å². The molecule has 29 heavy (non-hydrogen) atoms. The highest BCUT2D eigenvalue weighted by atomic mass is 35.5. The molecule has 1 fully saturated rings. The van der Waals surface area contributed by atoms with Crippen molar-refractivity contribution in [3.8, 4) is 0 Å². The molecule has 1 aromatic carbocycles. The molecule has 1 N–H and O–H groups in total. The van der Waals surface area contributed by atoms with Gasteiger partial charge in [-0.1, -0.05) is 23.7 Å². The van der Waals surface area contributed by atoms with Crippen LogP contribution in [0.2, 0.25) is 5.02 Å². The predicted molar refractivity (Wildman–Crippen MR) is 104 cm³/mol. The molecule has 1 amide bonds. The van der Waals surface area contributed by atoms with Crippen LogP contribution in [0.5, 0.6) is 0 Å². The van der Waals surface area contributed by atoms with Gasteiger partial charge < -0.3 is 15.0 Å². The van der Waals surface area contributed by atoms with Crippen molar-refractivity contribution in [3.63, 3.8) is 0 Å². The van der Waals surface area contributed by atoms with Crippen molar-refractivity contribution >= 4 is 23.3 Å². The number of amides is 1. The minimum absolute atomic E-state index is 0.00726. The Kier molecular flexibility index (Phi) is 6.33. The van der Waals surface area contributed by atoms with Crippen molar-refractivity contribution in [2.24, 2.45) is 0 Å². The summed E-state index contributed by atoms with van der Waals surface area (Å²) in [6.45, 7) is 5.27. The van der Waals surface area contributed by atoms with E-state index in [1.54, 1.807) is 29.2 Å². The molecule has 0 bridgehead atoms. The molecule has 1 aliphatic heterocycles. The summed E-state index contributed by atoms with van der Waals surface area (Å²) in [6.07, 6.45) is -3.77. The van der Waals surface area contributed by atoms with Gasteiger partial charge in [0.15, 0.2) is 0 Å². The number of carbonyl (C=O) groups is 1. The van der Waals surface area contributed by atoms with Crippen LogP contribution in [0.3, 0.4) is 0 Å². The number of rotatable bonds is 4. The first-order valence-corrected chi connectivity index (χ1v) is 9.51. The maximum Gasteiger partial charge on any atom is 0.417 e. The smallest absolute Gasteiger partial charge is 0.372 e. The van der Waals surface area contributed by atoms with Crippen LogP contribution in [0, 0.1) is 0 Å². The lowest BCUT2D eigenvalue weighted by molar-refractivity contribution is -0.137. The van der Waals surface area contributed by atoms with Gasteiger partial charge in [-0.15, -0.1) is 0 Å². The minimum Gasteiger partial charge on any atom is -0.372 e. The topological polar surface area (TPSA) is 54.5 Å². The highest BCUT2D eigenvalue weighted by Gasteiger charge is 2.31. The quantitative estimate of drug-likeness (QED) is 0.773. The summed E-state index contributed by atoms with van der Waals surface area (Å²) in [5, 5.41) is 2.80. The summed E-state index contributed by atoms with van der Waals surface area (Å²) >= 11 is 5.89. The van der Waals surface area contributed by atoms with Crippen LogP contribution in [-0.4, -0.2) is 41.1 Å². The van der Waals surface area contributed by atoms with Crippen LogP contribution in [0.25, 0.3) is 0 Å². The van der Waals surface area contributed by atoms with Gasteiger partial charge in [0.05, 0.1) is 22.8 Å². The zero-order chi connectivity index (χ0) is 21.2. The summed E-state index contributed by atoms with van der Waals surface area (Å²) in [6, 6.07) is 7.86.